The van der Waals surface area contributed by atoms with E-state index in [4.69, 9.17) is 10.5 Å². The molecular formula is C15H16N2O. The molecule has 0 spiro atoms. The number of nitrogen functional groups attached to an aromatic ring is 1. The van der Waals surface area contributed by atoms with E-state index in [0.717, 1.165) is 22.7 Å². The molecule has 3 nitrogen and oxygen atoms in total. The Bertz CT molecular complexity index is 580. The van der Waals surface area contributed by atoms with Crippen molar-refractivity contribution in [1.82, 2.24) is 0 Å². The van der Waals surface area contributed by atoms with Crippen molar-refractivity contribution in [2.24, 2.45) is 0 Å². The Balaban J connectivity index is 1.84. The number of aryl methyl sites for hydroxylation is 1. The largest absolute Gasteiger partial charge is 0.491 e. The SMILES string of the molecule is Cc1ccc(NC2COc3ccccc32)cc1N. The first-order valence-corrected chi connectivity index (χ1v) is 6.08. The summed E-state index contributed by atoms with van der Waals surface area (Å²) in [5.41, 5.74) is 10.1. The molecule has 0 bridgehead atoms. The minimum absolute atomic E-state index is 0.198. The quantitative estimate of drug-likeness (QED) is 0.793. The van der Waals surface area contributed by atoms with Crippen LogP contribution in [0, 0.1) is 6.92 Å². The van der Waals surface area contributed by atoms with E-state index in [2.05, 4.69) is 11.4 Å². The van der Waals surface area contributed by atoms with Crippen LogP contribution in [-0.2, 0) is 0 Å². The number of benzene rings is 2. The fourth-order valence-corrected chi connectivity index (χ4v) is 2.21. The predicted octanol–water partition coefficient (Wildman–Crippen LogP) is 3.12. The molecule has 2 aromatic rings. The summed E-state index contributed by atoms with van der Waals surface area (Å²) in [5.74, 6) is 0.968. The van der Waals surface area contributed by atoms with E-state index in [9.17, 15) is 0 Å². The summed E-state index contributed by atoms with van der Waals surface area (Å²) in [7, 11) is 0. The van der Waals surface area contributed by atoms with Gasteiger partial charge in [0.1, 0.15) is 12.4 Å². The fraction of sp³-hybridized carbons (Fsp3) is 0.200. The highest BCUT2D eigenvalue weighted by Crippen LogP contribution is 2.34. The first-order chi connectivity index (χ1) is 8.74. The first-order valence-electron chi connectivity index (χ1n) is 6.08. The maximum atomic E-state index is 5.92. The minimum atomic E-state index is 0.198. The van der Waals surface area contributed by atoms with Gasteiger partial charge >= 0.3 is 0 Å². The summed E-state index contributed by atoms with van der Waals surface area (Å²) in [4.78, 5) is 0. The molecule has 1 aliphatic heterocycles. The number of ether oxygens (including phenoxy) is 1. The third kappa shape index (κ3) is 1.88. The van der Waals surface area contributed by atoms with Gasteiger partial charge in [-0.15, -0.1) is 0 Å². The molecule has 1 aliphatic rings. The molecule has 1 atom stereocenters. The van der Waals surface area contributed by atoms with Gasteiger partial charge < -0.3 is 15.8 Å². The van der Waals surface area contributed by atoms with E-state index in [-0.39, 0.29) is 6.04 Å². The minimum Gasteiger partial charge on any atom is -0.491 e. The highest BCUT2D eigenvalue weighted by atomic mass is 16.5. The second kappa shape index (κ2) is 4.26. The molecule has 0 amide bonds. The maximum absolute atomic E-state index is 5.92. The lowest BCUT2D eigenvalue weighted by Gasteiger charge is -2.14. The van der Waals surface area contributed by atoms with Gasteiger partial charge in [0.15, 0.2) is 0 Å². The maximum Gasteiger partial charge on any atom is 0.124 e. The number of hydrogen-bond donors (Lipinski definition) is 2. The van der Waals surface area contributed by atoms with Gasteiger partial charge in [-0.3, -0.25) is 0 Å². The third-order valence-electron chi connectivity index (χ3n) is 3.32. The highest BCUT2D eigenvalue weighted by molar-refractivity contribution is 5.59. The zero-order chi connectivity index (χ0) is 12.5. The van der Waals surface area contributed by atoms with Crippen molar-refractivity contribution in [2.45, 2.75) is 13.0 Å². The normalized spacial score (nSPS) is 17.1. The summed E-state index contributed by atoms with van der Waals surface area (Å²) < 4.78 is 5.64. The zero-order valence-corrected chi connectivity index (χ0v) is 10.3. The van der Waals surface area contributed by atoms with Crippen LogP contribution >= 0.6 is 0 Å². The zero-order valence-electron chi connectivity index (χ0n) is 10.3. The van der Waals surface area contributed by atoms with E-state index in [1.54, 1.807) is 0 Å². The lowest BCUT2D eigenvalue weighted by Crippen LogP contribution is -2.12. The number of rotatable bonds is 2. The van der Waals surface area contributed by atoms with Gasteiger partial charge in [0.05, 0.1) is 6.04 Å². The average Bonchev–Trinajstić information content (AvgIpc) is 2.78. The number of nitrogens with one attached hydrogen (secondary N) is 1. The summed E-state index contributed by atoms with van der Waals surface area (Å²) in [6.07, 6.45) is 0. The number of nitrogens with two attached hydrogens (primary N) is 1. The molecule has 1 heterocycles. The summed E-state index contributed by atoms with van der Waals surface area (Å²) in [6.45, 7) is 2.67. The van der Waals surface area contributed by atoms with Crippen molar-refractivity contribution in [3.05, 3.63) is 53.6 Å². The molecule has 0 aliphatic carbocycles. The standard InChI is InChI=1S/C15H16N2O/c1-10-6-7-11(8-13(10)16)17-14-9-18-15-5-3-2-4-12(14)15/h2-8,14,17H,9,16H2,1H3. The molecule has 0 saturated carbocycles. The van der Waals surface area contributed by atoms with Crippen molar-refractivity contribution in [1.29, 1.82) is 0 Å². The van der Waals surface area contributed by atoms with Gasteiger partial charge in [0.25, 0.3) is 0 Å². The van der Waals surface area contributed by atoms with Crippen molar-refractivity contribution < 1.29 is 4.74 Å². The Kier molecular flexibility index (Phi) is 2.59. The molecule has 0 aromatic heterocycles. The molecule has 1 unspecified atom stereocenters. The molecule has 18 heavy (non-hydrogen) atoms. The molecule has 3 rings (SSSR count). The lowest BCUT2D eigenvalue weighted by atomic mass is 10.1. The Morgan fingerprint density at radius 2 is 2.06 bits per heavy atom. The summed E-state index contributed by atoms with van der Waals surface area (Å²) >= 11 is 0. The lowest BCUT2D eigenvalue weighted by molar-refractivity contribution is 0.340. The highest BCUT2D eigenvalue weighted by Gasteiger charge is 2.23. The molecule has 3 heteroatoms. The summed E-state index contributed by atoms with van der Waals surface area (Å²) in [6, 6.07) is 14.4. The predicted molar refractivity (Wildman–Crippen MR) is 73.9 cm³/mol. The van der Waals surface area contributed by atoms with Crippen LogP contribution in [0.15, 0.2) is 42.5 Å². The fourth-order valence-electron chi connectivity index (χ4n) is 2.21. The van der Waals surface area contributed by atoms with Gasteiger partial charge in [-0.1, -0.05) is 24.3 Å². The van der Waals surface area contributed by atoms with Crippen LogP contribution in [0.4, 0.5) is 11.4 Å². The smallest absolute Gasteiger partial charge is 0.124 e. The van der Waals surface area contributed by atoms with Gasteiger partial charge in [-0.25, -0.2) is 0 Å². The van der Waals surface area contributed by atoms with E-state index >= 15 is 0 Å². The topological polar surface area (TPSA) is 47.3 Å². The van der Waals surface area contributed by atoms with Crippen LogP contribution in [0.25, 0.3) is 0 Å². The van der Waals surface area contributed by atoms with E-state index < -0.39 is 0 Å². The van der Waals surface area contributed by atoms with Crippen molar-refractivity contribution in [2.75, 3.05) is 17.7 Å². The van der Waals surface area contributed by atoms with Crippen LogP contribution < -0.4 is 15.8 Å². The number of fused-ring (bicyclic) bond motifs is 1. The average molecular weight is 240 g/mol. The monoisotopic (exact) mass is 240 g/mol. The Morgan fingerprint density at radius 3 is 2.89 bits per heavy atom. The van der Waals surface area contributed by atoms with E-state index in [1.165, 1.54) is 5.56 Å². The molecule has 2 aromatic carbocycles. The molecular weight excluding hydrogens is 224 g/mol. The van der Waals surface area contributed by atoms with E-state index in [1.807, 2.05) is 43.3 Å². The van der Waals surface area contributed by atoms with Crippen LogP contribution in [-0.4, -0.2) is 6.61 Å². The number of hydrogen-bond acceptors (Lipinski definition) is 3. The van der Waals surface area contributed by atoms with E-state index in [0.29, 0.717) is 6.61 Å². The van der Waals surface area contributed by atoms with Crippen LogP contribution in [0.2, 0.25) is 0 Å². The van der Waals surface area contributed by atoms with Crippen molar-refractivity contribution >= 4 is 11.4 Å². The second-order valence-electron chi connectivity index (χ2n) is 4.62. The van der Waals surface area contributed by atoms with Gasteiger partial charge in [0, 0.05) is 16.9 Å². The second-order valence-corrected chi connectivity index (χ2v) is 4.62. The Morgan fingerprint density at radius 1 is 1.22 bits per heavy atom. The Labute approximate surface area is 107 Å². The molecule has 0 radical (unpaired) electrons. The summed E-state index contributed by atoms with van der Waals surface area (Å²) in [5, 5.41) is 3.46. The molecule has 92 valence electrons. The van der Waals surface area contributed by atoms with Crippen molar-refractivity contribution in [3.8, 4) is 5.75 Å². The van der Waals surface area contributed by atoms with Gasteiger partial charge in [-0.2, -0.15) is 0 Å². The number of anilines is 2. The third-order valence-corrected chi connectivity index (χ3v) is 3.32. The van der Waals surface area contributed by atoms with Crippen LogP contribution in [0.5, 0.6) is 5.75 Å². The van der Waals surface area contributed by atoms with Crippen LogP contribution in [0.3, 0.4) is 0 Å². The van der Waals surface area contributed by atoms with Crippen molar-refractivity contribution in [3.63, 3.8) is 0 Å². The Hall–Kier alpha value is -2.16. The molecule has 0 saturated heterocycles. The van der Waals surface area contributed by atoms with Gasteiger partial charge in [0.2, 0.25) is 0 Å². The number of para-hydroxylation sites is 1. The van der Waals surface area contributed by atoms with Gasteiger partial charge in [-0.05, 0) is 30.7 Å². The first kappa shape index (κ1) is 11.0. The molecule has 3 N–H and O–H groups in total. The molecule has 0 fully saturated rings. The van der Waals surface area contributed by atoms with Crippen LogP contribution in [0.1, 0.15) is 17.2 Å².